The molecule has 1 aliphatic rings. The predicted octanol–water partition coefficient (Wildman–Crippen LogP) is 4.05. The standard InChI is InChI=1S/C12H17ClOS/c1-8-3-5-12(14,9(2)7-8)11-10(13)4-6-15-11/h4,6,8-9,14H,3,5,7H2,1-2H3. The lowest BCUT2D eigenvalue weighted by Crippen LogP contribution is -2.38. The van der Waals surface area contributed by atoms with E-state index in [1.165, 1.54) is 0 Å². The van der Waals surface area contributed by atoms with Gasteiger partial charge in [-0.15, -0.1) is 11.3 Å². The van der Waals surface area contributed by atoms with Gasteiger partial charge in [-0.2, -0.15) is 0 Å². The second kappa shape index (κ2) is 4.08. The molecule has 3 atom stereocenters. The summed E-state index contributed by atoms with van der Waals surface area (Å²) in [7, 11) is 0. The minimum atomic E-state index is -0.683. The molecule has 0 aliphatic heterocycles. The van der Waals surface area contributed by atoms with Crippen LogP contribution in [0.2, 0.25) is 5.02 Å². The zero-order valence-corrected chi connectivity index (χ0v) is 10.7. The zero-order valence-electron chi connectivity index (χ0n) is 9.16. The van der Waals surface area contributed by atoms with E-state index in [1.54, 1.807) is 11.3 Å². The summed E-state index contributed by atoms with van der Waals surface area (Å²) in [4.78, 5) is 0.962. The van der Waals surface area contributed by atoms with Crippen LogP contribution < -0.4 is 0 Å². The van der Waals surface area contributed by atoms with E-state index in [9.17, 15) is 5.11 Å². The normalized spacial score (nSPS) is 36.8. The van der Waals surface area contributed by atoms with Gasteiger partial charge < -0.3 is 5.11 Å². The Morgan fingerprint density at radius 1 is 1.53 bits per heavy atom. The molecule has 1 aromatic heterocycles. The van der Waals surface area contributed by atoms with Gasteiger partial charge >= 0.3 is 0 Å². The third kappa shape index (κ3) is 1.95. The maximum atomic E-state index is 10.7. The first-order valence-corrected chi connectivity index (χ1v) is 6.75. The van der Waals surface area contributed by atoms with Crippen LogP contribution in [0.25, 0.3) is 0 Å². The largest absolute Gasteiger partial charge is 0.384 e. The van der Waals surface area contributed by atoms with Gasteiger partial charge in [-0.25, -0.2) is 0 Å². The lowest BCUT2D eigenvalue weighted by Gasteiger charge is -2.40. The molecule has 0 amide bonds. The van der Waals surface area contributed by atoms with Crippen molar-refractivity contribution >= 4 is 22.9 Å². The van der Waals surface area contributed by atoms with E-state index < -0.39 is 5.60 Å². The van der Waals surface area contributed by atoms with E-state index in [1.807, 2.05) is 11.4 Å². The Morgan fingerprint density at radius 3 is 2.80 bits per heavy atom. The lowest BCUT2D eigenvalue weighted by molar-refractivity contribution is -0.0556. The number of hydrogen-bond acceptors (Lipinski definition) is 2. The van der Waals surface area contributed by atoms with Crippen LogP contribution in [-0.2, 0) is 5.60 Å². The molecule has 1 nitrogen and oxygen atoms in total. The van der Waals surface area contributed by atoms with Crippen molar-refractivity contribution in [3.8, 4) is 0 Å². The summed E-state index contributed by atoms with van der Waals surface area (Å²) in [5, 5.41) is 13.4. The molecule has 1 N–H and O–H groups in total. The summed E-state index contributed by atoms with van der Waals surface area (Å²) in [6.07, 6.45) is 3.02. The Bertz CT molecular complexity index is 349. The SMILES string of the molecule is CC1CCC(O)(c2sccc2Cl)C(C)C1. The Balaban J connectivity index is 2.30. The molecule has 1 aromatic rings. The highest BCUT2D eigenvalue weighted by Crippen LogP contribution is 2.47. The Hall–Kier alpha value is -0.0500. The second-order valence-electron chi connectivity index (χ2n) is 4.80. The number of rotatable bonds is 1. The molecule has 0 spiro atoms. The van der Waals surface area contributed by atoms with Crippen LogP contribution >= 0.6 is 22.9 Å². The average Bonchev–Trinajstić information content (AvgIpc) is 2.59. The van der Waals surface area contributed by atoms with Gasteiger partial charge in [0.05, 0.1) is 9.90 Å². The van der Waals surface area contributed by atoms with Crippen LogP contribution in [0, 0.1) is 11.8 Å². The van der Waals surface area contributed by atoms with Gasteiger partial charge in [0.15, 0.2) is 0 Å². The topological polar surface area (TPSA) is 20.2 Å². The first kappa shape index (κ1) is 11.4. The second-order valence-corrected chi connectivity index (χ2v) is 6.13. The van der Waals surface area contributed by atoms with Gasteiger partial charge in [0.1, 0.15) is 5.60 Å². The molecule has 1 saturated carbocycles. The Kier molecular flexibility index (Phi) is 3.11. The summed E-state index contributed by atoms with van der Waals surface area (Å²) < 4.78 is 0. The maximum Gasteiger partial charge on any atom is 0.103 e. The highest BCUT2D eigenvalue weighted by molar-refractivity contribution is 7.10. The smallest absolute Gasteiger partial charge is 0.103 e. The molecule has 0 aromatic carbocycles. The molecule has 3 unspecified atom stereocenters. The third-order valence-electron chi connectivity index (χ3n) is 3.60. The molecule has 0 radical (unpaired) electrons. The molecule has 15 heavy (non-hydrogen) atoms. The van der Waals surface area contributed by atoms with Crippen LogP contribution in [0.4, 0.5) is 0 Å². The van der Waals surface area contributed by atoms with Gasteiger partial charge in [0.25, 0.3) is 0 Å². The van der Waals surface area contributed by atoms with Crippen LogP contribution in [0.1, 0.15) is 38.0 Å². The maximum absolute atomic E-state index is 10.7. The van der Waals surface area contributed by atoms with E-state index in [-0.39, 0.29) is 0 Å². The van der Waals surface area contributed by atoms with E-state index in [2.05, 4.69) is 13.8 Å². The summed E-state index contributed by atoms with van der Waals surface area (Å²) in [5.41, 5.74) is -0.683. The van der Waals surface area contributed by atoms with Crippen LogP contribution in [0.3, 0.4) is 0 Å². The number of hydrogen-bond donors (Lipinski definition) is 1. The van der Waals surface area contributed by atoms with Gasteiger partial charge in [-0.1, -0.05) is 25.4 Å². The Labute approximate surface area is 100 Å². The van der Waals surface area contributed by atoms with Crippen molar-refractivity contribution in [3.63, 3.8) is 0 Å². The van der Waals surface area contributed by atoms with Crippen molar-refractivity contribution in [1.29, 1.82) is 0 Å². The van der Waals surface area contributed by atoms with Crippen molar-refractivity contribution in [1.82, 2.24) is 0 Å². The fraction of sp³-hybridized carbons (Fsp3) is 0.667. The first-order chi connectivity index (χ1) is 7.04. The van der Waals surface area contributed by atoms with Crippen LogP contribution in [-0.4, -0.2) is 5.11 Å². The molecule has 3 heteroatoms. The predicted molar refractivity (Wildman–Crippen MR) is 65.4 cm³/mol. The van der Waals surface area contributed by atoms with E-state index in [0.29, 0.717) is 5.92 Å². The molecule has 1 heterocycles. The van der Waals surface area contributed by atoms with E-state index in [0.717, 1.165) is 35.1 Å². The fourth-order valence-electron chi connectivity index (χ4n) is 2.57. The van der Waals surface area contributed by atoms with E-state index in [4.69, 9.17) is 11.6 Å². The molecule has 2 rings (SSSR count). The van der Waals surface area contributed by atoms with Crippen LogP contribution in [0.15, 0.2) is 11.4 Å². The van der Waals surface area contributed by atoms with Crippen molar-refractivity contribution in [2.24, 2.45) is 11.8 Å². The molecular weight excluding hydrogens is 228 g/mol. The summed E-state index contributed by atoms with van der Waals surface area (Å²) in [6.45, 7) is 4.39. The molecular formula is C12H17ClOS. The van der Waals surface area contributed by atoms with Crippen molar-refractivity contribution in [2.45, 2.75) is 38.7 Å². The van der Waals surface area contributed by atoms with Crippen molar-refractivity contribution < 1.29 is 5.11 Å². The summed E-state index contributed by atoms with van der Waals surface area (Å²) in [5.74, 6) is 1.02. The number of thiophene rings is 1. The first-order valence-electron chi connectivity index (χ1n) is 5.50. The number of halogens is 1. The fourth-order valence-corrected chi connectivity index (χ4v) is 4.03. The third-order valence-corrected chi connectivity index (χ3v) is 5.11. The van der Waals surface area contributed by atoms with Crippen molar-refractivity contribution in [2.75, 3.05) is 0 Å². The lowest BCUT2D eigenvalue weighted by atomic mass is 9.71. The highest BCUT2D eigenvalue weighted by atomic mass is 35.5. The van der Waals surface area contributed by atoms with Gasteiger partial charge in [0.2, 0.25) is 0 Å². The van der Waals surface area contributed by atoms with Gasteiger partial charge in [-0.3, -0.25) is 0 Å². The highest BCUT2D eigenvalue weighted by Gasteiger charge is 2.41. The molecule has 0 bridgehead atoms. The molecule has 1 fully saturated rings. The zero-order chi connectivity index (χ0) is 11.1. The number of aliphatic hydroxyl groups is 1. The quantitative estimate of drug-likeness (QED) is 0.791. The minimum absolute atomic E-state index is 0.303. The minimum Gasteiger partial charge on any atom is -0.384 e. The average molecular weight is 245 g/mol. The van der Waals surface area contributed by atoms with Crippen LogP contribution in [0.5, 0.6) is 0 Å². The van der Waals surface area contributed by atoms with Gasteiger partial charge in [-0.05, 0) is 42.5 Å². The van der Waals surface area contributed by atoms with E-state index >= 15 is 0 Å². The molecule has 84 valence electrons. The molecule has 0 saturated heterocycles. The monoisotopic (exact) mass is 244 g/mol. The van der Waals surface area contributed by atoms with Crippen molar-refractivity contribution in [3.05, 3.63) is 21.3 Å². The Morgan fingerprint density at radius 2 is 2.27 bits per heavy atom. The summed E-state index contributed by atoms with van der Waals surface area (Å²) in [6, 6.07) is 1.88. The summed E-state index contributed by atoms with van der Waals surface area (Å²) >= 11 is 7.69. The van der Waals surface area contributed by atoms with Gasteiger partial charge in [0, 0.05) is 0 Å². The molecule has 1 aliphatic carbocycles.